The van der Waals surface area contributed by atoms with Gasteiger partial charge < -0.3 is 20.3 Å². The molecule has 1 fully saturated rings. The molecule has 118 valence electrons. The van der Waals surface area contributed by atoms with Crippen LogP contribution < -0.4 is 10.6 Å². The molecule has 0 aliphatic carbocycles. The number of piperidine rings is 1. The van der Waals surface area contributed by atoms with Crippen molar-refractivity contribution in [3.8, 4) is 0 Å². The monoisotopic (exact) mass is 285 g/mol. The molecule has 0 aromatic rings. The van der Waals surface area contributed by atoms with Crippen molar-refractivity contribution >= 4 is 5.91 Å². The van der Waals surface area contributed by atoms with Gasteiger partial charge in [0.05, 0.1) is 6.61 Å². The van der Waals surface area contributed by atoms with E-state index in [9.17, 15) is 4.79 Å². The zero-order valence-corrected chi connectivity index (χ0v) is 13.3. The molecule has 0 aromatic heterocycles. The highest BCUT2D eigenvalue weighted by Crippen LogP contribution is 2.16. The van der Waals surface area contributed by atoms with E-state index in [2.05, 4.69) is 15.5 Å². The van der Waals surface area contributed by atoms with Crippen LogP contribution in [0.15, 0.2) is 0 Å². The molecule has 0 unspecified atom stereocenters. The van der Waals surface area contributed by atoms with E-state index in [4.69, 9.17) is 4.74 Å². The number of carbonyl (C=O) groups excluding carboxylic acids is 1. The van der Waals surface area contributed by atoms with Gasteiger partial charge in [-0.2, -0.15) is 0 Å². The Morgan fingerprint density at radius 2 is 2.05 bits per heavy atom. The summed E-state index contributed by atoms with van der Waals surface area (Å²) in [4.78, 5) is 14.0. The molecule has 0 saturated carbocycles. The van der Waals surface area contributed by atoms with Crippen LogP contribution in [0.25, 0.3) is 0 Å². The molecule has 20 heavy (non-hydrogen) atoms. The largest absolute Gasteiger partial charge is 0.383 e. The molecule has 1 saturated heterocycles. The molecule has 0 bridgehead atoms. The zero-order valence-electron chi connectivity index (χ0n) is 13.3. The van der Waals surface area contributed by atoms with Crippen LogP contribution in [-0.4, -0.2) is 63.3 Å². The summed E-state index contributed by atoms with van der Waals surface area (Å²) in [6.07, 6.45) is 3.08. The maximum atomic E-state index is 11.6. The van der Waals surface area contributed by atoms with Gasteiger partial charge in [-0.25, -0.2) is 0 Å². The normalized spacial score (nSPS) is 17.6. The molecule has 1 amide bonds. The van der Waals surface area contributed by atoms with Gasteiger partial charge in [0.15, 0.2) is 0 Å². The Balaban J connectivity index is 2.05. The first-order chi connectivity index (χ1) is 9.61. The minimum Gasteiger partial charge on any atom is -0.383 e. The van der Waals surface area contributed by atoms with Crippen LogP contribution in [0.1, 0.15) is 33.1 Å². The molecule has 1 heterocycles. The average Bonchev–Trinajstić information content (AvgIpc) is 2.42. The van der Waals surface area contributed by atoms with Gasteiger partial charge in [0.2, 0.25) is 5.91 Å². The summed E-state index contributed by atoms with van der Waals surface area (Å²) in [5.74, 6) is 0.941. The molecule has 1 aliphatic rings. The van der Waals surface area contributed by atoms with Crippen molar-refractivity contribution in [3.63, 3.8) is 0 Å². The summed E-state index contributed by atoms with van der Waals surface area (Å²) in [5, 5.41) is 6.38. The summed E-state index contributed by atoms with van der Waals surface area (Å²) in [7, 11) is 1.73. The number of ether oxygens (including phenoxy) is 1. The van der Waals surface area contributed by atoms with Gasteiger partial charge >= 0.3 is 0 Å². The molecule has 5 heteroatoms. The third-order valence-corrected chi connectivity index (χ3v) is 3.73. The highest BCUT2D eigenvalue weighted by atomic mass is 16.5. The van der Waals surface area contributed by atoms with E-state index in [-0.39, 0.29) is 11.9 Å². The Kier molecular flexibility index (Phi) is 8.82. The van der Waals surface area contributed by atoms with Gasteiger partial charge in [0.1, 0.15) is 0 Å². The predicted octanol–water partition coefficient (Wildman–Crippen LogP) is 0.849. The van der Waals surface area contributed by atoms with Gasteiger partial charge in [0, 0.05) is 32.7 Å². The second-order valence-electron chi connectivity index (χ2n) is 5.95. The second-order valence-corrected chi connectivity index (χ2v) is 5.95. The lowest BCUT2D eigenvalue weighted by Gasteiger charge is -2.32. The first-order valence-corrected chi connectivity index (χ1v) is 7.83. The van der Waals surface area contributed by atoms with E-state index >= 15 is 0 Å². The highest BCUT2D eigenvalue weighted by molar-refractivity contribution is 5.76. The third-order valence-electron chi connectivity index (χ3n) is 3.73. The molecule has 2 N–H and O–H groups in total. The van der Waals surface area contributed by atoms with Crippen LogP contribution in [0.2, 0.25) is 0 Å². The lowest BCUT2D eigenvalue weighted by molar-refractivity contribution is -0.122. The quantitative estimate of drug-likeness (QED) is 0.617. The van der Waals surface area contributed by atoms with Crippen molar-refractivity contribution in [3.05, 3.63) is 0 Å². The molecule has 0 aromatic carbocycles. The van der Waals surface area contributed by atoms with Gasteiger partial charge in [-0.1, -0.05) is 0 Å². The smallest absolute Gasteiger partial charge is 0.221 e. The lowest BCUT2D eigenvalue weighted by Crippen LogP contribution is -2.40. The van der Waals surface area contributed by atoms with Crippen molar-refractivity contribution in [2.75, 3.05) is 46.4 Å². The summed E-state index contributed by atoms with van der Waals surface area (Å²) in [5.41, 5.74) is 0. The Labute approximate surface area is 123 Å². The minimum absolute atomic E-state index is 0.170. The predicted molar refractivity (Wildman–Crippen MR) is 81.8 cm³/mol. The van der Waals surface area contributed by atoms with E-state index < -0.39 is 0 Å². The number of methoxy groups -OCH3 is 1. The fourth-order valence-corrected chi connectivity index (χ4v) is 2.55. The number of likely N-dealkylation sites (tertiary alicyclic amines) is 1. The van der Waals surface area contributed by atoms with Crippen molar-refractivity contribution in [1.29, 1.82) is 0 Å². The SMILES string of the molecule is COCCNCC1CCN(CCC(=O)NC(C)C)CC1. The number of amides is 1. The topological polar surface area (TPSA) is 53.6 Å². The third kappa shape index (κ3) is 7.82. The average molecular weight is 285 g/mol. The van der Waals surface area contributed by atoms with Crippen molar-refractivity contribution in [2.24, 2.45) is 5.92 Å². The molecular weight excluding hydrogens is 254 g/mol. The van der Waals surface area contributed by atoms with Crippen molar-refractivity contribution in [2.45, 2.75) is 39.2 Å². The fraction of sp³-hybridized carbons (Fsp3) is 0.933. The highest BCUT2D eigenvalue weighted by Gasteiger charge is 2.19. The molecule has 1 aliphatic heterocycles. The summed E-state index contributed by atoms with van der Waals surface area (Å²) < 4.78 is 5.02. The van der Waals surface area contributed by atoms with Gasteiger partial charge in [0.25, 0.3) is 0 Å². The van der Waals surface area contributed by atoms with Gasteiger partial charge in [-0.05, 0) is 52.2 Å². The van der Waals surface area contributed by atoms with E-state index in [0.717, 1.165) is 45.2 Å². The number of nitrogens with one attached hydrogen (secondary N) is 2. The van der Waals surface area contributed by atoms with E-state index in [1.54, 1.807) is 7.11 Å². The standard InChI is InChI=1S/C15H31N3O2/c1-13(2)17-15(19)6-10-18-8-4-14(5-9-18)12-16-7-11-20-3/h13-14,16H,4-12H2,1-3H3,(H,17,19). The van der Waals surface area contributed by atoms with Crippen LogP contribution in [0.4, 0.5) is 0 Å². The molecule has 0 spiro atoms. The summed E-state index contributed by atoms with van der Waals surface area (Å²) >= 11 is 0. The molecule has 1 rings (SSSR count). The minimum atomic E-state index is 0.170. The van der Waals surface area contributed by atoms with Gasteiger partial charge in [-0.15, -0.1) is 0 Å². The molecule has 0 radical (unpaired) electrons. The van der Waals surface area contributed by atoms with E-state index in [1.807, 2.05) is 13.8 Å². The summed E-state index contributed by atoms with van der Waals surface area (Å²) in [6.45, 7) is 9.93. The number of nitrogens with zero attached hydrogens (tertiary/aromatic N) is 1. The Bertz CT molecular complexity index is 264. The Hall–Kier alpha value is -0.650. The molecular formula is C15H31N3O2. The first kappa shape index (κ1) is 17.4. The van der Waals surface area contributed by atoms with Crippen molar-refractivity contribution in [1.82, 2.24) is 15.5 Å². The number of hydrogen-bond donors (Lipinski definition) is 2. The number of hydrogen-bond acceptors (Lipinski definition) is 4. The number of rotatable bonds is 9. The van der Waals surface area contributed by atoms with Crippen LogP contribution in [0.5, 0.6) is 0 Å². The van der Waals surface area contributed by atoms with Crippen molar-refractivity contribution < 1.29 is 9.53 Å². The van der Waals surface area contributed by atoms with Crippen LogP contribution in [-0.2, 0) is 9.53 Å². The Morgan fingerprint density at radius 1 is 1.35 bits per heavy atom. The van der Waals surface area contributed by atoms with Crippen LogP contribution >= 0.6 is 0 Å². The van der Waals surface area contributed by atoms with E-state index in [0.29, 0.717) is 6.42 Å². The summed E-state index contributed by atoms with van der Waals surface area (Å²) in [6, 6.07) is 0.242. The van der Waals surface area contributed by atoms with E-state index in [1.165, 1.54) is 12.8 Å². The van der Waals surface area contributed by atoms with Gasteiger partial charge in [-0.3, -0.25) is 4.79 Å². The van der Waals surface area contributed by atoms with Crippen LogP contribution in [0, 0.1) is 5.92 Å². The lowest BCUT2D eigenvalue weighted by atomic mass is 9.96. The maximum absolute atomic E-state index is 11.6. The maximum Gasteiger partial charge on any atom is 0.221 e. The van der Waals surface area contributed by atoms with Crippen LogP contribution in [0.3, 0.4) is 0 Å². The second kappa shape index (κ2) is 10.1. The molecule has 5 nitrogen and oxygen atoms in total. The first-order valence-electron chi connectivity index (χ1n) is 7.83. The molecule has 0 atom stereocenters. The fourth-order valence-electron chi connectivity index (χ4n) is 2.55. The Morgan fingerprint density at radius 3 is 2.65 bits per heavy atom. The zero-order chi connectivity index (χ0) is 14.8. The number of carbonyl (C=O) groups is 1.